The van der Waals surface area contributed by atoms with Crippen molar-refractivity contribution in [3.8, 4) is 6.01 Å². The van der Waals surface area contributed by atoms with Crippen LogP contribution in [0.25, 0.3) is 0 Å². The Balaban J connectivity index is 2.11. The zero-order valence-corrected chi connectivity index (χ0v) is 12.7. The number of anilines is 2. The lowest BCUT2D eigenvalue weighted by atomic mass is 10.3. The highest BCUT2D eigenvalue weighted by molar-refractivity contribution is 6.30. The number of rotatable bonds is 3. The lowest BCUT2D eigenvalue weighted by Gasteiger charge is -2.12. The summed E-state index contributed by atoms with van der Waals surface area (Å²) in [5.41, 5.74) is 2.46. The molecule has 1 heterocycles. The molecular weight excluding hydrogens is 292 g/mol. The average Bonchev–Trinajstić information content (AvgIpc) is 2.45. The van der Waals surface area contributed by atoms with Crippen molar-refractivity contribution in [3.63, 3.8) is 0 Å². The summed E-state index contributed by atoms with van der Waals surface area (Å²) in [7, 11) is 1.49. The predicted molar refractivity (Wildman–Crippen MR) is 82.2 cm³/mol. The van der Waals surface area contributed by atoms with E-state index in [1.54, 1.807) is 38.1 Å². The van der Waals surface area contributed by atoms with E-state index in [4.69, 9.17) is 16.3 Å². The molecule has 7 heteroatoms. The van der Waals surface area contributed by atoms with Gasteiger partial charge in [0, 0.05) is 10.7 Å². The van der Waals surface area contributed by atoms with Crippen LogP contribution in [0.4, 0.5) is 16.2 Å². The van der Waals surface area contributed by atoms with Crippen molar-refractivity contribution >= 4 is 29.0 Å². The van der Waals surface area contributed by atoms with Crippen LogP contribution in [-0.2, 0) is 0 Å². The minimum atomic E-state index is -0.378. The van der Waals surface area contributed by atoms with Gasteiger partial charge in [-0.1, -0.05) is 11.6 Å². The first-order chi connectivity index (χ1) is 9.99. The Kier molecular flexibility index (Phi) is 4.59. The lowest BCUT2D eigenvalue weighted by molar-refractivity contribution is 0.262. The van der Waals surface area contributed by atoms with E-state index in [-0.39, 0.29) is 12.0 Å². The van der Waals surface area contributed by atoms with E-state index >= 15 is 0 Å². The Morgan fingerprint density at radius 3 is 2.19 bits per heavy atom. The minimum absolute atomic E-state index is 0.272. The average molecular weight is 307 g/mol. The number of hydrogen-bond acceptors (Lipinski definition) is 4. The number of halogens is 1. The molecule has 0 spiro atoms. The first-order valence-electron chi connectivity index (χ1n) is 6.22. The van der Waals surface area contributed by atoms with Gasteiger partial charge in [-0.3, -0.25) is 0 Å². The molecule has 1 aromatic carbocycles. The van der Waals surface area contributed by atoms with E-state index in [9.17, 15) is 4.79 Å². The van der Waals surface area contributed by atoms with Gasteiger partial charge in [0.15, 0.2) is 0 Å². The number of hydrogen-bond donors (Lipinski definition) is 2. The van der Waals surface area contributed by atoms with E-state index < -0.39 is 0 Å². The molecule has 6 nitrogen and oxygen atoms in total. The van der Waals surface area contributed by atoms with E-state index in [0.29, 0.717) is 27.8 Å². The summed E-state index contributed by atoms with van der Waals surface area (Å²) < 4.78 is 4.98. The second-order valence-electron chi connectivity index (χ2n) is 4.34. The first-order valence-corrected chi connectivity index (χ1v) is 6.60. The second-order valence-corrected chi connectivity index (χ2v) is 4.78. The lowest BCUT2D eigenvalue weighted by Crippen LogP contribution is -2.21. The highest BCUT2D eigenvalue weighted by Crippen LogP contribution is 2.20. The molecule has 2 aromatic rings. The topological polar surface area (TPSA) is 76.1 Å². The number of aryl methyl sites for hydroxylation is 2. The third-order valence-corrected chi connectivity index (χ3v) is 3.03. The number of methoxy groups -OCH3 is 1. The van der Waals surface area contributed by atoms with Gasteiger partial charge in [-0.15, -0.1) is 0 Å². The molecule has 2 rings (SSSR count). The van der Waals surface area contributed by atoms with Crippen LogP contribution in [0.3, 0.4) is 0 Å². The van der Waals surface area contributed by atoms with Crippen LogP contribution in [0.5, 0.6) is 6.01 Å². The Hall–Kier alpha value is -2.34. The van der Waals surface area contributed by atoms with Crippen molar-refractivity contribution in [3.05, 3.63) is 40.7 Å². The van der Waals surface area contributed by atoms with E-state index in [2.05, 4.69) is 20.6 Å². The molecule has 0 aliphatic heterocycles. The van der Waals surface area contributed by atoms with E-state index in [1.165, 1.54) is 7.11 Å². The fraction of sp³-hybridized carbons (Fsp3) is 0.214. The summed E-state index contributed by atoms with van der Waals surface area (Å²) in [5.74, 6) is 0. The molecule has 0 aliphatic rings. The van der Waals surface area contributed by atoms with Gasteiger partial charge in [-0.2, -0.15) is 9.97 Å². The molecule has 0 fully saturated rings. The first kappa shape index (κ1) is 15.1. The molecular formula is C14H15ClN4O2. The molecule has 2 N–H and O–H groups in total. The van der Waals surface area contributed by atoms with Crippen molar-refractivity contribution in [2.45, 2.75) is 13.8 Å². The standard InChI is InChI=1S/C14H15ClN4O2/c1-8-12(9(2)17-14(16-8)21-3)19-13(20)18-11-6-4-10(15)5-7-11/h4-7H,1-3H3,(H2,18,19,20). The molecule has 2 amide bonds. The monoisotopic (exact) mass is 306 g/mol. The number of aromatic nitrogens is 2. The fourth-order valence-electron chi connectivity index (χ4n) is 1.77. The number of urea groups is 1. The Morgan fingerprint density at radius 1 is 1.10 bits per heavy atom. The van der Waals surface area contributed by atoms with Gasteiger partial charge in [-0.25, -0.2) is 4.79 Å². The number of carbonyl (C=O) groups excluding carboxylic acids is 1. The number of ether oxygens (including phenoxy) is 1. The van der Waals surface area contributed by atoms with Gasteiger partial charge in [0.05, 0.1) is 24.2 Å². The maximum absolute atomic E-state index is 12.0. The molecule has 0 saturated carbocycles. The number of carbonyl (C=O) groups is 1. The Labute approximate surface area is 127 Å². The van der Waals surface area contributed by atoms with Crippen molar-refractivity contribution in [2.75, 3.05) is 17.7 Å². The Bertz CT molecular complexity index is 636. The molecule has 0 unspecified atom stereocenters. The van der Waals surface area contributed by atoms with Crippen LogP contribution < -0.4 is 15.4 Å². The smallest absolute Gasteiger partial charge is 0.323 e. The van der Waals surface area contributed by atoms with E-state index in [1.807, 2.05) is 0 Å². The molecule has 21 heavy (non-hydrogen) atoms. The molecule has 0 bridgehead atoms. The van der Waals surface area contributed by atoms with Gasteiger partial charge in [-0.05, 0) is 38.1 Å². The summed E-state index contributed by atoms with van der Waals surface area (Å²) in [5, 5.41) is 6.04. The predicted octanol–water partition coefficient (Wildman–Crippen LogP) is 3.40. The quantitative estimate of drug-likeness (QED) is 0.911. The zero-order chi connectivity index (χ0) is 15.4. The maximum atomic E-state index is 12.0. The van der Waals surface area contributed by atoms with Crippen molar-refractivity contribution < 1.29 is 9.53 Å². The number of nitrogens with zero attached hydrogens (tertiary/aromatic N) is 2. The maximum Gasteiger partial charge on any atom is 0.323 e. The fourth-order valence-corrected chi connectivity index (χ4v) is 1.89. The third-order valence-electron chi connectivity index (χ3n) is 2.77. The molecule has 0 aliphatic carbocycles. The normalized spacial score (nSPS) is 10.1. The summed E-state index contributed by atoms with van der Waals surface area (Å²) in [6.45, 7) is 3.55. The molecule has 0 atom stereocenters. The minimum Gasteiger partial charge on any atom is -0.467 e. The van der Waals surface area contributed by atoms with Crippen LogP contribution in [-0.4, -0.2) is 23.1 Å². The number of benzene rings is 1. The highest BCUT2D eigenvalue weighted by atomic mass is 35.5. The Morgan fingerprint density at radius 2 is 1.67 bits per heavy atom. The number of amides is 2. The van der Waals surface area contributed by atoms with Gasteiger partial charge < -0.3 is 15.4 Å². The third kappa shape index (κ3) is 3.82. The highest BCUT2D eigenvalue weighted by Gasteiger charge is 2.12. The molecule has 0 saturated heterocycles. The summed E-state index contributed by atoms with van der Waals surface area (Å²) in [4.78, 5) is 20.2. The van der Waals surface area contributed by atoms with E-state index in [0.717, 1.165) is 0 Å². The van der Waals surface area contributed by atoms with Gasteiger partial charge >= 0.3 is 12.0 Å². The molecule has 0 radical (unpaired) electrons. The second kappa shape index (κ2) is 6.41. The van der Waals surface area contributed by atoms with Crippen molar-refractivity contribution in [1.82, 2.24) is 9.97 Å². The van der Waals surface area contributed by atoms with Crippen LogP contribution in [0.1, 0.15) is 11.4 Å². The zero-order valence-electron chi connectivity index (χ0n) is 11.9. The van der Waals surface area contributed by atoms with Crippen molar-refractivity contribution in [2.24, 2.45) is 0 Å². The SMILES string of the molecule is COc1nc(C)c(NC(=O)Nc2ccc(Cl)cc2)c(C)n1. The van der Waals surface area contributed by atoms with Gasteiger partial charge in [0.2, 0.25) is 0 Å². The molecule has 1 aromatic heterocycles. The van der Waals surface area contributed by atoms with Gasteiger partial charge in [0.25, 0.3) is 0 Å². The van der Waals surface area contributed by atoms with Crippen LogP contribution in [0, 0.1) is 13.8 Å². The summed E-state index contributed by atoms with van der Waals surface area (Å²) in [6, 6.07) is 6.72. The summed E-state index contributed by atoms with van der Waals surface area (Å²) >= 11 is 5.79. The van der Waals surface area contributed by atoms with Crippen molar-refractivity contribution in [1.29, 1.82) is 0 Å². The van der Waals surface area contributed by atoms with Crippen LogP contribution in [0.2, 0.25) is 5.02 Å². The van der Waals surface area contributed by atoms with Crippen LogP contribution in [0.15, 0.2) is 24.3 Å². The molecule has 110 valence electrons. The van der Waals surface area contributed by atoms with Crippen LogP contribution >= 0.6 is 11.6 Å². The van der Waals surface area contributed by atoms with Gasteiger partial charge in [0.1, 0.15) is 0 Å². The largest absolute Gasteiger partial charge is 0.467 e. The summed E-state index contributed by atoms with van der Waals surface area (Å²) in [6.07, 6.45) is 0. The number of nitrogens with one attached hydrogen (secondary N) is 2.